The predicted octanol–water partition coefficient (Wildman–Crippen LogP) is 1.83. The van der Waals surface area contributed by atoms with E-state index in [4.69, 9.17) is 4.74 Å². The number of benzene rings is 1. The summed E-state index contributed by atoms with van der Waals surface area (Å²) in [4.78, 5) is 36.5. The van der Waals surface area contributed by atoms with Crippen LogP contribution in [0.25, 0.3) is 5.57 Å². The van der Waals surface area contributed by atoms with Gasteiger partial charge in [0.2, 0.25) is 5.91 Å². The first kappa shape index (κ1) is 14.0. The second-order valence-electron chi connectivity index (χ2n) is 4.49. The summed E-state index contributed by atoms with van der Waals surface area (Å²) in [5, 5.41) is 0. The van der Waals surface area contributed by atoms with Gasteiger partial charge in [0.25, 0.3) is 5.91 Å². The summed E-state index contributed by atoms with van der Waals surface area (Å²) in [5.74, 6) is -1.47. The third-order valence-corrected chi connectivity index (χ3v) is 2.98. The summed E-state index contributed by atoms with van der Waals surface area (Å²) in [6.07, 6.45) is 1.15. The number of carbonyl (C=O) groups is 3. The Morgan fingerprint density at radius 2 is 2.05 bits per heavy atom. The summed E-state index contributed by atoms with van der Waals surface area (Å²) >= 11 is 0. The minimum absolute atomic E-state index is 0.192. The molecule has 0 saturated carbocycles. The molecule has 0 bridgehead atoms. The highest BCUT2D eigenvalue weighted by Gasteiger charge is 2.35. The van der Waals surface area contributed by atoms with Crippen molar-refractivity contribution in [1.82, 2.24) is 0 Å². The molecule has 1 aliphatic heterocycles. The van der Waals surface area contributed by atoms with Crippen LogP contribution in [0.2, 0.25) is 0 Å². The second kappa shape index (κ2) is 5.28. The maximum Gasteiger partial charge on any atom is 0.331 e. The largest absolute Gasteiger partial charge is 0.463 e. The summed E-state index contributed by atoms with van der Waals surface area (Å²) in [6, 6.07) is 5.30. The van der Waals surface area contributed by atoms with Gasteiger partial charge in [-0.25, -0.2) is 9.69 Å². The smallest absolute Gasteiger partial charge is 0.331 e. The molecule has 0 N–H and O–H groups in total. The Kier molecular flexibility index (Phi) is 3.70. The molecule has 0 atom stereocenters. The summed E-state index contributed by atoms with van der Waals surface area (Å²) in [7, 11) is 0. The van der Waals surface area contributed by atoms with Crippen LogP contribution in [0.5, 0.6) is 0 Å². The van der Waals surface area contributed by atoms with Gasteiger partial charge in [0.1, 0.15) is 0 Å². The number of imide groups is 1. The first-order valence-electron chi connectivity index (χ1n) is 6.30. The quantitative estimate of drug-likeness (QED) is 0.609. The fourth-order valence-corrected chi connectivity index (χ4v) is 2.16. The fourth-order valence-electron chi connectivity index (χ4n) is 2.16. The lowest BCUT2D eigenvalue weighted by molar-refractivity contribution is -0.137. The van der Waals surface area contributed by atoms with Crippen molar-refractivity contribution in [3.05, 3.63) is 35.4 Å². The lowest BCUT2D eigenvalue weighted by atomic mass is 10.0. The van der Waals surface area contributed by atoms with Crippen molar-refractivity contribution in [1.29, 1.82) is 0 Å². The number of rotatable bonds is 2. The SMILES string of the molecule is CCOC(=O)/C=C1\C(=O)N(C(C)=O)c2ccc(C)cc21. The molecule has 5 heteroatoms. The Hall–Kier alpha value is -2.43. The molecule has 0 fully saturated rings. The number of hydrogen-bond donors (Lipinski definition) is 0. The van der Waals surface area contributed by atoms with E-state index in [1.54, 1.807) is 19.1 Å². The van der Waals surface area contributed by atoms with Crippen LogP contribution < -0.4 is 4.90 Å². The lowest BCUT2D eigenvalue weighted by Crippen LogP contribution is -2.31. The highest BCUT2D eigenvalue weighted by atomic mass is 16.5. The molecule has 0 aromatic heterocycles. The Morgan fingerprint density at radius 1 is 1.35 bits per heavy atom. The van der Waals surface area contributed by atoms with Gasteiger partial charge in [-0.3, -0.25) is 9.59 Å². The van der Waals surface area contributed by atoms with Crippen LogP contribution in [-0.4, -0.2) is 24.4 Å². The highest BCUT2D eigenvalue weighted by Crippen LogP contribution is 2.37. The van der Waals surface area contributed by atoms with E-state index in [1.165, 1.54) is 6.92 Å². The second-order valence-corrected chi connectivity index (χ2v) is 4.49. The number of fused-ring (bicyclic) bond motifs is 1. The lowest BCUT2D eigenvalue weighted by Gasteiger charge is -2.11. The van der Waals surface area contributed by atoms with E-state index >= 15 is 0 Å². The van der Waals surface area contributed by atoms with E-state index in [-0.39, 0.29) is 18.1 Å². The number of amides is 2. The Morgan fingerprint density at radius 3 is 2.65 bits per heavy atom. The fraction of sp³-hybridized carbons (Fsp3) is 0.267. The van der Waals surface area contributed by atoms with E-state index in [9.17, 15) is 14.4 Å². The number of anilines is 1. The van der Waals surface area contributed by atoms with Crippen LogP contribution >= 0.6 is 0 Å². The molecule has 20 heavy (non-hydrogen) atoms. The molecule has 0 unspecified atom stereocenters. The van der Waals surface area contributed by atoms with E-state index in [0.717, 1.165) is 16.5 Å². The predicted molar refractivity (Wildman–Crippen MR) is 74.0 cm³/mol. The van der Waals surface area contributed by atoms with E-state index in [1.807, 2.05) is 13.0 Å². The summed E-state index contributed by atoms with van der Waals surface area (Å²) in [6.45, 7) is 5.11. The van der Waals surface area contributed by atoms with Crippen LogP contribution in [0.1, 0.15) is 25.0 Å². The first-order chi connectivity index (χ1) is 9.45. The van der Waals surface area contributed by atoms with Gasteiger partial charge in [-0.2, -0.15) is 0 Å². The van der Waals surface area contributed by atoms with Gasteiger partial charge < -0.3 is 4.74 Å². The number of hydrogen-bond acceptors (Lipinski definition) is 4. The van der Waals surface area contributed by atoms with Crippen molar-refractivity contribution in [2.75, 3.05) is 11.5 Å². The average molecular weight is 273 g/mol. The van der Waals surface area contributed by atoms with E-state index in [2.05, 4.69) is 0 Å². The van der Waals surface area contributed by atoms with Gasteiger partial charge in [0.05, 0.1) is 17.9 Å². The molecular weight excluding hydrogens is 258 g/mol. The maximum absolute atomic E-state index is 12.3. The van der Waals surface area contributed by atoms with Crippen molar-refractivity contribution in [2.45, 2.75) is 20.8 Å². The molecule has 0 saturated heterocycles. The minimum atomic E-state index is -0.589. The molecule has 0 radical (unpaired) electrons. The van der Waals surface area contributed by atoms with Gasteiger partial charge in [0, 0.05) is 18.6 Å². The van der Waals surface area contributed by atoms with Crippen molar-refractivity contribution >= 4 is 29.0 Å². The van der Waals surface area contributed by atoms with Gasteiger partial charge >= 0.3 is 5.97 Å². The number of esters is 1. The molecule has 1 aromatic carbocycles. The molecule has 0 aliphatic carbocycles. The van der Waals surface area contributed by atoms with Gasteiger partial charge in [-0.05, 0) is 26.0 Å². The van der Waals surface area contributed by atoms with Crippen molar-refractivity contribution in [3.8, 4) is 0 Å². The zero-order valence-electron chi connectivity index (χ0n) is 11.6. The van der Waals surface area contributed by atoms with Gasteiger partial charge in [0.15, 0.2) is 0 Å². The Bertz CT molecular complexity index is 631. The van der Waals surface area contributed by atoms with Gasteiger partial charge in [-0.15, -0.1) is 0 Å². The Balaban J connectivity index is 2.55. The average Bonchev–Trinajstić information content (AvgIpc) is 2.63. The number of carbonyl (C=O) groups excluding carboxylic acids is 3. The van der Waals surface area contributed by atoms with Crippen LogP contribution in [0.3, 0.4) is 0 Å². The van der Waals surface area contributed by atoms with Crippen LogP contribution in [0.4, 0.5) is 5.69 Å². The third kappa shape index (κ3) is 2.34. The summed E-state index contributed by atoms with van der Waals surface area (Å²) < 4.78 is 4.82. The van der Waals surface area contributed by atoms with E-state index in [0.29, 0.717) is 11.3 Å². The molecule has 1 heterocycles. The number of ether oxygens (including phenoxy) is 1. The first-order valence-corrected chi connectivity index (χ1v) is 6.30. The maximum atomic E-state index is 12.3. The van der Waals surface area contributed by atoms with Crippen LogP contribution in [-0.2, 0) is 19.1 Å². The van der Waals surface area contributed by atoms with E-state index < -0.39 is 11.9 Å². The van der Waals surface area contributed by atoms with Crippen molar-refractivity contribution in [2.24, 2.45) is 0 Å². The summed E-state index contributed by atoms with van der Waals surface area (Å²) in [5.41, 5.74) is 2.22. The highest BCUT2D eigenvalue weighted by molar-refractivity contribution is 6.40. The molecule has 2 amide bonds. The number of aryl methyl sites for hydroxylation is 1. The van der Waals surface area contributed by atoms with Crippen LogP contribution in [0, 0.1) is 6.92 Å². The molecule has 1 aromatic rings. The Labute approximate surface area is 116 Å². The van der Waals surface area contributed by atoms with Gasteiger partial charge in [-0.1, -0.05) is 11.6 Å². The minimum Gasteiger partial charge on any atom is -0.463 e. The molecule has 1 aliphatic rings. The van der Waals surface area contributed by atoms with Crippen molar-refractivity contribution < 1.29 is 19.1 Å². The van der Waals surface area contributed by atoms with Crippen LogP contribution in [0.15, 0.2) is 24.3 Å². The molecule has 5 nitrogen and oxygen atoms in total. The monoisotopic (exact) mass is 273 g/mol. The molecule has 0 spiro atoms. The third-order valence-electron chi connectivity index (χ3n) is 2.98. The topological polar surface area (TPSA) is 63.7 Å². The molecular formula is C15H15NO4. The molecule has 104 valence electrons. The zero-order valence-corrected chi connectivity index (χ0v) is 11.6. The molecule has 2 rings (SSSR count). The zero-order chi connectivity index (χ0) is 14.9. The standard InChI is InChI=1S/C15H15NO4/c1-4-20-14(18)8-12-11-7-9(2)5-6-13(11)16(10(3)17)15(12)19/h5-8H,4H2,1-3H3/b12-8-. The number of nitrogens with zero attached hydrogens (tertiary/aromatic N) is 1. The normalized spacial score (nSPS) is 15.4. The van der Waals surface area contributed by atoms with Crippen molar-refractivity contribution in [3.63, 3.8) is 0 Å².